The van der Waals surface area contributed by atoms with Crippen molar-refractivity contribution in [2.45, 2.75) is 25.7 Å². The van der Waals surface area contributed by atoms with Crippen LogP contribution in [-0.2, 0) is 27.1 Å². The van der Waals surface area contributed by atoms with Crippen LogP contribution in [0, 0.1) is 0 Å². The van der Waals surface area contributed by atoms with Gasteiger partial charge < -0.3 is 14.5 Å². The zero-order valence-corrected chi connectivity index (χ0v) is 11.9. The van der Waals surface area contributed by atoms with Crippen LogP contribution in [0.15, 0.2) is 18.2 Å². The van der Waals surface area contributed by atoms with Crippen LogP contribution in [0.3, 0.4) is 0 Å². The smallest absolute Gasteiger partial charge is 0.344 e. The molecule has 3 rings (SSSR count). The van der Waals surface area contributed by atoms with E-state index in [-0.39, 0.29) is 6.61 Å². The Morgan fingerprint density at radius 3 is 2.86 bits per heavy atom. The van der Waals surface area contributed by atoms with E-state index in [0.717, 1.165) is 23.7 Å². The minimum Gasteiger partial charge on any atom is -0.466 e. The number of H-pyrrole nitrogens is 1. The first-order valence-corrected chi connectivity index (χ1v) is 7.07. The predicted molar refractivity (Wildman–Crippen MR) is 77.2 cm³/mol. The standard InChI is InChI=1S/C16H17NO4/c1-20-14(18)9-21-16(19)12-7-4-6-11-10-5-2-3-8-13(10)17-15(11)12/h4,6-7,17H,2-3,5,8-9H2,1H3. The summed E-state index contributed by atoms with van der Waals surface area (Å²) >= 11 is 0. The van der Waals surface area contributed by atoms with Gasteiger partial charge >= 0.3 is 11.9 Å². The van der Waals surface area contributed by atoms with Crippen molar-refractivity contribution in [3.63, 3.8) is 0 Å². The normalized spacial score (nSPS) is 13.8. The molecule has 0 bridgehead atoms. The molecule has 0 saturated carbocycles. The number of methoxy groups -OCH3 is 1. The summed E-state index contributed by atoms with van der Waals surface area (Å²) in [5.41, 5.74) is 3.79. The number of para-hydroxylation sites is 1. The van der Waals surface area contributed by atoms with Crippen LogP contribution in [0.1, 0.15) is 34.5 Å². The average Bonchev–Trinajstić information content (AvgIpc) is 2.90. The van der Waals surface area contributed by atoms with E-state index in [4.69, 9.17) is 4.74 Å². The van der Waals surface area contributed by atoms with Crippen LogP contribution in [0.5, 0.6) is 0 Å². The van der Waals surface area contributed by atoms with E-state index in [2.05, 4.69) is 9.72 Å². The number of carbonyl (C=O) groups excluding carboxylic acids is 2. The number of aromatic amines is 1. The molecule has 1 aromatic heterocycles. The maximum atomic E-state index is 12.1. The fourth-order valence-corrected chi connectivity index (χ4v) is 2.86. The summed E-state index contributed by atoms with van der Waals surface area (Å²) in [6.45, 7) is -0.369. The molecule has 110 valence electrons. The van der Waals surface area contributed by atoms with Crippen LogP contribution in [0.4, 0.5) is 0 Å². The van der Waals surface area contributed by atoms with Gasteiger partial charge in [0.1, 0.15) is 0 Å². The second-order valence-corrected chi connectivity index (χ2v) is 5.17. The number of fused-ring (bicyclic) bond motifs is 3. The third-order valence-corrected chi connectivity index (χ3v) is 3.90. The van der Waals surface area contributed by atoms with E-state index >= 15 is 0 Å². The van der Waals surface area contributed by atoms with Crippen LogP contribution in [0.25, 0.3) is 10.9 Å². The van der Waals surface area contributed by atoms with E-state index in [1.54, 1.807) is 6.07 Å². The molecule has 1 heterocycles. The summed E-state index contributed by atoms with van der Waals surface area (Å²) < 4.78 is 9.45. The lowest BCUT2D eigenvalue weighted by atomic mass is 9.95. The summed E-state index contributed by atoms with van der Waals surface area (Å²) in [4.78, 5) is 26.6. The van der Waals surface area contributed by atoms with Crippen molar-refractivity contribution in [1.29, 1.82) is 0 Å². The minimum atomic E-state index is -0.568. The molecular weight excluding hydrogens is 270 g/mol. The van der Waals surface area contributed by atoms with E-state index in [0.29, 0.717) is 5.56 Å². The molecule has 1 aliphatic rings. The highest BCUT2D eigenvalue weighted by Crippen LogP contribution is 2.30. The van der Waals surface area contributed by atoms with Gasteiger partial charge in [0.2, 0.25) is 0 Å². The van der Waals surface area contributed by atoms with Gasteiger partial charge in [0.15, 0.2) is 6.61 Å². The summed E-state index contributed by atoms with van der Waals surface area (Å²) in [7, 11) is 1.26. The van der Waals surface area contributed by atoms with E-state index in [9.17, 15) is 9.59 Å². The SMILES string of the molecule is COC(=O)COC(=O)c1cccc2c3c([nH]c12)CCCC3. The van der Waals surface area contributed by atoms with Gasteiger partial charge in [-0.2, -0.15) is 0 Å². The Morgan fingerprint density at radius 1 is 1.24 bits per heavy atom. The Morgan fingerprint density at radius 2 is 2.05 bits per heavy atom. The second kappa shape index (κ2) is 5.60. The van der Waals surface area contributed by atoms with E-state index in [1.165, 1.54) is 31.2 Å². The number of hydrogen-bond donors (Lipinski definition) is 1. The number of aromatic nitrogens is 1. The highest BCUT2D eigenvalue weighted by Gasteiger charge is 2.20. The Hall–Kier alpha value is -2.30. The quantitative estimate of drug-likeness (QED) is 0.880. The summed E-state index contributed by atoms with van der Waals surface area (Å²) in [5, 5.41) is 1.08. The first-order valence-electron chi connectivity index (χ1n) is 7.07. The maximum absolute atomic E-state index is 12.1. The lowest BCUT2D eigenvalue weighted by molar-refractivity contribution is -0.144. The highest BCUT2D eigenvalue weighted by atomic mass is 16.6. The van der Waals surface area contributed by atoms with Gasteiger partial charge in [-0.15, -0.1) is 0 Å². The van der Waals surface area contributed by atoms with Gasteiger partial charge in [0.25, 0.3) is 0 Å². The number of benzene rings is 1. The number of hydrogen-bond acceptors (Lipinski definition) is 4. The van der Waals surface area contributed by atoms with Gasteiger partial charge in [-0.25, -0.2) is 9.59 Å². The second-order valence-electron chi connectivity index (χ2n) is 5.17. The molecule has 1 aliphatic carbocycles. The average molecular weight is 287 g/mol. The Kier molecular flexibility index (Phi) is 3.64. The molecule has 1 N–H and O–H groups in total. The molecule has 2 aromatic rings. The van der Waals surface area contributed by atoms with Gasteiger partial charge in [-0.3, -0.25) is 0 Å². The lowest BCUT2D eigenvalue weighted by Gasteiger charge is -2.10. The van der Waals surface area contributed by atoms with Crippen LogP contribution in [-0.4, -0.2) is 30.6 Å². The van der Waals surface area contributed by atoms with Crippen molar-refractivity contribution in [3.05, 3.63) is 35.0 Å². The van der Waals surface area contributed by atoms with Crippen molar-refractivity contribution in [2.24, 2.45) is 0 Å². The summed E-state index contributed by atoms with van der Waals surface area (Å²) in [6.07, 6.45) is 4.40. The van der Waals surface area contributed by atoms with Crippen molar-refractivity contribution >= 4 is 22.8 Å². The van der Waals surface area contributed by atoms with Gasteiger partial charge in [-0.1, -0.05) is 12.1 Å². The molecular formula is C16H17NO4. The maximum Gasteiger partial charge on any atom is 0.344 e. The summed E-state index contributed by atoms with van der Waals surface area (Å²) in [6, 6.07) is 5.58. The molecule has 5 heteroatoms. The van der Waals surface area contributed by atoms with Gasteiger partial charge in [-0.05, 0) is 37.3 Å². The molecule has 0 saturated heterocycles. The van der Waals surface area contributed by atoms with Crippen LogP contribution in [0.2, 0.25) is 0 Å². The number of carbonyl (C=O) groups is 2. The van der Waals surface area contributed by atoms with Crippen LogP contribution < -0.4 is 0 Å². The molecule has 0 spiro atoms. The minimum absolute atomic E-state index is 0.369. The van der Waals surface area contributed by atoms with Crippen LogP contribution >= 0.6 is 0 Å². The third kappa shape index (κ3) is 2.51. The van der Waals surface area contributed by atoms with E-state index < -0.39 is 11.9 Å². The Bertz CT molecular complexity index is 702. The molecule has 0 aliphatic heterocycles. The Balaban J connectivity index is 1.93. The van der Waals surface area contributed by atoms with Crippen molar-refractivity contribution < 1.29 is 19.1 Å². The topological polar surface area (TPSA) is 68.4 Å². The van der Waals surface area contributed by atoms with Crippen molar-refractivity contribution in [2.75, 3.05) is 13.7 Å². The fourth-order valence-electron chi connectivity index (χ4n) is 2.86. The number of nitrogens with one attached hydrogen (secondary N) is 1. The lowest BCUT2D eigenvalue weighted by Crippen LogP contribution is -2.15. The monoisotopic (exact) mass is 287 g/mol. The number of esters is 2. The molecule has 0 fully saturated rings. The van der Waals surface area contributed by atoms with Gasteiger partial charge in [0, 0.05) is 11.1 Å². The first-order chi connectivity index (χ1) is 10.2. The molecule has 1 aromatic carbocycles. The molecule has 0 atom stereocenters. The Labute approximate surface area is 122 Å². The fraction of sp³-hybridized carbons (Fsp3) is 0.375. The summed E-state index contributed by atoms with van der Waals surface area (Å²) in [5.74, 6) is -1.08. The predicted octanol–water partition coefficient (Wildman–Crippen LogP) is 2.38. The molecule has 5 nitrogen and oxygen atoms in total. The zero-order valence-electron chi connectivity index (χ0n) is 11.9. The first kappa shape index (κ1) is 13.7. The third-order valence-electron chi connectivity index (χ3n) is 3.90. The van der Waals surface area contributed by atoms with Crippen molar-refractivity contribution in [3.8, 4) is 0 Å². The van der Waals surface area contributed by atoms with Crippen molar-refractivity contribution in [1.82, 2.24) is 4.98 Å². The number of rotatable bonds is 3. The zero-order chi connectivity index (χ0) is 14.8. The molecule has 0 unspecified atom stereocenters. The molecule has 0 radical (unpaired) electrons. The molecule has 21 heavy (non-hydrogen) atoms. The van der Waals surface area contributed by atoms with Gasteiger partial charge in [0.05, 0.1) is 18.2 Å². The number of aryl methyl sites for hydroxylation is 2. The number of ether oxygens (including phenoxy) is 2. The largest absolute Gasteiger partial charge is 0.466 e. The van der Waals surface area contributed by atoms with E-state index in [1.807, 2.05) is 12.1 Å². The molecule has 0 amide bonds. The highest BCUT2D eigenvalue weighted by molar-refractivity contribution is 6.04.